The molecule has 1 aromatic heterocycles. The largest absolute Gasteiger partial charge is 0.416 e. The van der Waals surface area contributed by atoms with Gasteiger partial charge in [-0.1, -0.05) is 23.9 Å². The molecule has 1 aliphatic heterocycles. The molecule has 11 heteroatoms. The van der Waals surface area contributed by atoms with Gasteiger partial charge in [0.25, 0.3) is 0 Å². The van der Waals surface area contributed by atoms with Crippen molar-refractivity contribution in [3.8, 4) is 0 Å². The number of benzene rings is 1. The fraction of sp³-hybridized carbons (Fsp3) is 0.222. The van der Waals surface area contributed by atoms with Crippen molar-refractivity contribution in [2.45, 2.75) is 17.8 Å². The number of anilines is 1. The SMILES string of the molecule is C=CCN1C(=O)C(CC(=O)Nc2cccc(C(F)(F)F)c2)SC1=Nc1nccs1. The van der Waals surface area contributed by atoms with Crippen LogP contribution in [0.2, 0.25) is 0 Å². The first-order valence-electron chi connectivity index (χ1n) is 8.32. The first kappa shape index (κ1) is 21.1. The van der Waals surface area contributed by atoms with Gasteiger partial charge in [-0.2, -0.15) is 18.2 Å². The van der Waals surface area contributed by atoms with E-state index in [4.69, 9.17) is 0 Å². The number of hydrogen-bond acceptors (Lipinski definition) is 6. The van der Waals surface area contributed by atoms with Crippen molar-refractivity contribution in [3.05, 3.63) is 54.1 Å². The summed E-state index contributed by atoms with van der Waals surface area (Å²) in [6.45, 7) is 3.84. The zero-order valence-corrected chi connectivity index (χ0v) is 16.5. The normalized spacial score (nSPS) is 18.3. The molecule has 0 radical (unpaired) electrons. The molecule has 152 valence electrons. The van der Waals surface area contributed by atoms with Gasteiger partial charge >= 0.3 is 6.18 Å². The number of rotatable bonds is 6. The maximum Gasteiger partial charge on any atom is 0.416 e. The molecule has 1 fully saturated rings. The van der Waals surface area contributed by atoms with E-state index in [1.54, 1.807) is 17.7 Å². The van der Waals surface area contributed by atoms with Crippen LogP contribution in [0, 0.1) is 0 Å². The summed E-state index contributed by atoms with van der Waals surface area (Å²) in [6.07, 6.45) is -1.58. The Balaban J connectivity index is 1.70. The van der Waals surface area contributed by atoms with Crippen molar-refractivity contribution < 1.29 is 22.8 Å². The smallest absolute Gasteiger partial charge is 0.326 e. The van der Waals surface area contributed by atoms with Crippen LogP contribution in [0.5, 0.6) is 0 Å². The van der Waals surface area contributed by atoms with Crippen molar-refractivity contribution in [2.75, 3.05) is 11.9 Å². The van der Waals surface area contributed by atoms with Gasteiger partial charge in [0.15, 0.2) is 5.17 Å². The summed E-state index contributed by atoms with van der Waals surface area (Å²) in [5.74, 6) is -0.881. The Morgan fingerprint density at radius 3 is 2.86 bits per heavy atom. The lowest BCUT2D eigenvalue weighted by atomic mass is 10.2. The minimum Gasteiger partial charge on any atom is -0.326 e. The number of carbonyl (C=O) groups is 2. The van der Waals surface area contributed by atoms with Crippen LogP contribution >= 0.6 is 23.1 Å². The minimum absolute atomic E-state index is 0.0138. The first-order chi connectivity index (χ1) is 13.8. The van der Waals surface area contributed by atoms with Crippen LogP contribution in [0.3, 0.4) is 0 Å². The van der Waals surface area contributed by atoms with E-state index in [1.165, 1.54) is 28.4 Å². The van der Waals surface area contributed by atoms with Crippen molar-refractivity contribution in [2.24, 2.45) is 4.99 Å². The number of hydrogen-bond donors (Lipinski definition) is 1. The molecule has 0 bridgehead atoms. The predicted octanol–water partition coefficient (Wildman–Crippen LogP) is 4.31. The van der Waals surface area contributed by atoms with Gasteiger partial charge in [-0.15, -0.1) is 17.9 Å². The maximum absolute atomic E-state index is 12.8. The molecule has 2 aromatic rings. The first-order valence-corrected chi connectivity index (χ1v) is 10.1. The third-order valence-corrected chi connectivity index (χ3v) is 5.63. The molecule has 1 aromatic carbocycles. The summed E-state index contributed by atoms with van der Waals surface area (Å²) in [4.78, 5) is 34.7. The number of amidine groups is 1. The van der Waals surface area contributed by atoms with Crippen LogP contribution in [0.4, 0.5) is 24.0 Å². The molecule has 3 rings (SSSR count). The molecule has 0 saturated carbocycles. The predicted molar refractivity (Wildman–Crippen MR) is 107 cm³/mol. The molecular formula is C18H15F3N4O2S2. The Labute approximate surface area is 172 Å². The third-order valence-electron chi connectivity index (χ3n) is 3.79. The highest BCUT2D eigenvalue weighted by atomic mass is 32.2. The second-order valence-electron chi connectivity index (χ2n) is 5.88. The second-order valence-corrected chi connectivity index (χ2v) is 7.93. The third kappa shape index (κ3) is 5.24. The average Bonchev–Trinajstić information content (AvgIpc) is 3.26. The molecule has 29 heavy (non-hydrogen) atoms. The number of alkyl halides is 3. The van der Waals surface area contributed by atoms with Crippen LogP contribution in [-0.4, -0.2) is 38.7 Å². The van der Waals surface area contributed by atoms with Gasteiger partial charge in [0.2, 0.25) is 16.9 Å². The fourth-order valence-corrected chi connectivity index (χ4v) is 4.24. The van der Waals surface area contributed by atoms with E-state index in [0.29, 0.717) is 10.3 Å². The number of aliphatic imine (C=N–C) groups is 1. The molecule has 1 unspecified atom stereocenters. The summed E-state index contributed by atoms with van der Waals surface area (Å²) >= 11 is 2.42. The van der Waals surface area contributed by atoms with Gasteiger partial charge in [-0.25, -0.2) is 4.98 Å². The summed E-state index contributed by atoms with van der Waals surface area (Å²) < 4.78 is 38.4. The molecule has 2 amide bonds. The van der Waals surface area contributed by atoms with E-state index in [1.807, 2.05) is 0 Å². The molecule has 6 nitrogen and oxygen atoms in total. The van der Waals surface area contributed by atoms with Crippen molar-refractivity contribution in [1.82, 2.24) is 9.88 Å². The van der Waals surface area contributed by atoms with E-state index < -0.39 is 22.9 Å². The number of aromatic nitrogens is 1. The van der Waals surface area contributed by atoms with E-state index >= 15 is 0 Å². The fourth-order valence-electron chi connectivity index (χ4n) is 2.53. The molecule has 1 saturated heterocycles. The molecule has 0 spiro atoms. The highest BCUT2D eigenvalue weighted by molar-refractivity contribution is 8.15. The topological polar surface area (TPSA) is 74.7 Å². The molecule has 2 heterocycles. The Morgan fingerprint density at radius 1 is 1.41 bits per heavy atom. The van der Waals surface area contributed by atoms with Crippen LogP contribution in [0.25, 0.3) is 0 Å². The number of thioether (sulfide) groups is 1. The number of halogens is 3. The van der Waals surface area contributed by atoms with Crippen molar-refractivity contribution in [3.63, 3.8) is 0 Å². The minimum atomic E-state index is -4.51. The van der Waals surface area contributed by atoms with E-state index in [2.05, 4.69) is 21.9 Å². The van der Waals surface area contributed by atoms with Crippen LogP contribution in [0.1, 0.15) is 12.0 Å². The summed E-state index contributed by atoms with van der Waals surface area (Å²) in [7, 11) is 0. The zero-order valence-electron chi connectivity index (χ0n) is 14.8. The van der Waals surface area contributed by atoms with Gasteiger partial charge < -0.3 is 5.32 Å². The Hall–Kier alpha value is -2.66. The number of nitrogens with one attached hydrogen (secondary N) is 1. The number of nitrogens with zero attached hydrogens (tertiary/aromatic N) is 3. The Kier molecular flexibility index (Phi) is 6.38. The summed E-state index contributed by atoms with van der Waals surface area (Å²) in [6, 6.07) is 4.33. The van der Waals surface area contributed by atoms with Crippen LogP contribution in [0.15, 0.2) is 53.5 Å². The van der Waals surface area contributed by atoms with Gasteiger partial charge in [0.05, 0.1) is 5.56 Å². The van der Waals surface area contributed by atoms with Crippen molar-refractivity contribution in [1.29, 1.82) is 0 Å². The molecule has 0 aliphatic carbocycles. The van der Waals surface area contributed by atoms with E-state index in [0.717, 1.165) is 23.9 Å². The van der Waals surface area contributed by atoms with E-state index in [-0.39, 0.29) is 24.6 Å². The zero-order chi connectivity index (χ0) is 21.0. The highest BCUT2D eigenvalue weighted by Crippen LogP contribution is 2.33. The molecule has 1 aliphatic rings. The number of amides is 2. The number of carbonyl (C=O) groups excluding carboxylic acids is 2. The number of thiazole rings is 1. The molecule has 1 atom stereocenters. The Morgan fingerprint density at radius 2 is 2.21 bits per heavy atom. The lowest BCUT2D eigenvalue weighted by Gasteiger charge is -2.13. The molecule has 1 N–H and O–H groups in total. The van der Waals surface area contributed by atoms with Gasteiger partial charge in [-0.3, -0.25) is 14.5 Å². The quantitative estimate of drug-likeness (QED) is 0.680. The summed E-state index contributed by atoms with van der Waals surface area (Å²) in [5, 5.41) is 4.31. The monoisotopic (exact) mass is 440 g/mol. The standard InChI is InChI=1S/C18H15F3N4O2S2/c1-2-7-25-15(27)13(29-17(25)24-16-22-6-8-28-16)10-14(26)23-12-5-3-4-11(9-12)18(19,20)21/h2-6,8-9,13H,1,7,10H2,(H,23,26). The second kappa shape index (κ2) is 8.78. The van der Waals surface area contributed by atoms with Crippen LogP contribution in [-0.2, 0) is 15.8 Å². The highest BCUT2D eigenvalue weighted by Gasteiger charge is 2.39. The average molecular weight is 440 g/mol. The van der Waals surface area contributed by atoms with Crippen LogP contribution < -0.4 is 5.32 Å². The summed E-state index contributed by atoms with van der Waals surface area (Å²) in [5.41, 5.74) is -0.850. The van der Waals surface area contributed by atoms with Gasteiger partial charge in [-0.05, 0) is 18.2 Å². The van der Waals surface area contributed by atoms with Crippen molar-refractivity contribution >= 4 is 50.9 Å². The lowest BCUT2D eigenvalue weighted by Crippen LogP contribution is -2.33. The van der Waals surface area contributed by atoms with Gasteiger partial charge in [0.1, 0.15) is 5.25 Å². The maximum atomic E-state index is 12.8. The Bertz CT molecular complexity index is 945. The molecular weight excluding hydrogens is 425 g/mol. The van der Waals surface area contributed by atoms with E-state index in [9.17, 15) is 22.8 Å². The lowest BCUT2D eigenvalue weighted by molar-refractivity contribution is -0.137. The van der Waals surface area contributed by atoms with Gasteiger partial charge in [0, 0.05) is 30.2 Å².